The number of carbonyl (C=O) groups excluding carboxylic acids is 2. The summed E-state index contributed by atoms with van der Waals surface area (Å²) in [6.45, 7) is 1.11. The number of carbonyl (C=O) groups is 2. The Hall–Kier alpha value is -1.11. The number of rotatable bonds is 3. The molecule has 0 spiro atoms. The van der Waals surface area contributed by atoms with Crippen molar-refractivity contribution in [1.29, 1.82) is 0 Å². The molecule has 1 unspecified atom stereocenters. The maximum absolute atomic E-state index is 12.9. The zero-order valence-corrected chi connectivity index (χ0v) is 9.92. The molecule has 7 heteroatoms. The summed E-state index contributed by atoms with van der Waals surface area (Å²) in [7, 11) is 0. The summed E-state index contributed by atoms with van der Waals surface area (Å²) in [6.07, 6.45) is -5.53. The van der Waals surface area contributed by atoms with Crippen molar-refractivity contribution < 1.29 is 32.6 Å². The molecule has 0 aromatic carbocycles. The summed E-state index contributed by atoms with van der Waals surface area (Å²) in [4.78, 5) is 22.4. The van der Waals surface area contributed by atoms with Crippen LogP contribution in [0.2, 0.25) is 0 Å². The first-order valence-corrected chi connectivity index (χ1v) is 5.71. The lowest BCUT2D eigenvalue weighted by Gasteiger charge is -2.36. The molecule has 0 aromatic heterocycles. The van der Waals surface area contributed by atoms with E-state index in [1.807, 2.05) is 0 Å². The van der Waals surface area contributed by atoms with Crippen molar-refractivity contribution in [2.45, 2.75) is 44.4 Å². The van der Waals surface area contributed by atoms with Gasteiger partial charge in [0.1, 0.15) is 5.78 Å². The second-order valence-corrected chi connectivity index (χ2v) is 4.30. The lowest BCUT2D eigenvalue weighted by molar-refractivity contribution is -0.280. The molecule has 1 atom stereocenters. The average molecular weight is 268 g/mol. The van der Waals surface area contributed by atoms with Gasteiger partial charge in [0.2, 0.25) is 0 Å². The Kier molecular flexibility index (Phi) is 4.37. The minimum Gasteiger partial charge on any atom is -0.464 e. The van der Waals surface area contributed by atoms with Crippen molar-refractivity contribution in [2.75, 3.05) is 6.61 Å². The van der Waals surface area contributed by atoms with Crippen LogP contribution in [0.1, 0.15) is 32.6 Å². The molecule has 0 aromatic rings. The van der Waals surface area contributed by atoms with Gasteiger partial charge in [-0.3, -0.25) is 4.79 Å². The van der Waals surface area contributed by atoms with Gasteiger partial charge in [0.15, 0.2) is 0 Å². The maximum Gasteiger partial charge on any atom is 0.428 e. The third kappa shape index (κ3) is 2.66. The van der Waals surface area contributed by atoms with Crippen molar-refractivity contribution in [2.24, 2.45) is 5.92 Å². The first kappa shape index (κ1) is 14.9. The molecule has 0 aliphatic heterocycles. The number of hydrogen-bond acceptors (Lipinski definition) is 4. The van der Waals surface area contributed by atoms with E-state index < -0.39 is 23.7 Å². The van der Waals surface area contributed by atoms with Crippen LogP contribution in [0, 0.1) is 5.92 Å². The van der Waals surface area contributed by atoms with Crippen LogP contribution in [0.3, 0.4) is 0 Å². The van der Waals surface area contributed by atoms with E-state index in [1.165, 1.54) is 6.92 Å². The van der Waals surface area contributed by atoms with Crippen molar-refractivity contribution in [3.63, 3.8) is 0 Å². The fourth-order valence-corrected chi connectivity index (χ4v) is 2.11. The zero-order valence-electron chi connectivity index (χ0n) is 9.92. The minimum atomic E-state index is -5.11. The van der Waals surface area contributed by atoms with Crippen LogP contribution in [0.5, 0.6) is 0 Å². The SMILES string of the molecule is CCOC(=O)C(O)(C1CCC(=O)CC1)C(F)(F)F. The van der Waals surface area contributed by atoms with Crippen molar-refractivity contribution in [1.82, 2.24) is 0 Å². The number of aliphatic hydroxyl groups is 1. The predicted molar refractivity (Wildman–Crippen MR) is 54.6 cm³/mol. The summed E-state index contributed by atoms with van der Waals surface area (Å²) in [5.41, 5.74) is -3.51. The van der Waals surface area contributed by atoms with E-state index in [1.54, 1.807) is 0 Å². The maximum atomic E-state index is 12.9. The second-order valence-electron chi connectivity index (χ2n) is 4.30. The zero-order chi connectivity index (χ0) is 14.0. The first-order chi connectivity index (χ1) is 8.23. The monoisotopic (exact) mass is 268 g/mol. The molecular weight excluding hydrogens is 253 g/mol. The Morgan fingerprint density at radius 1 is 1.39 bits per heavy atom. The van der Waals surface area contributed by atoms with E-state index in [0.29, 0.717) is 0 Å². The molecule has 104 valence electrons. The van der Waals surface area contributed by atoms with Crippen LogP contribution in [-0.4, -0.2) is 35.2 Å². The molecule has 1 N–H and O–H groups in total. The number of alkyl halides is 3. The standard InChI is InChI=1S/C11H15F3O4/c1-2-18-9(16)10(17,11(12,13)14)7-3-5-8(15)6-4-7/h7,17H,2-6H2,1H3. The normalized spacial score (nSPS) is 21.5. The van der Waals surface area contributed by atoms with Gasteiger partial charge in [-0.1, -0.05) is 0 Å². The van der Waals surface area contributed by atoms with Gasteiger partial charge in [0, 0.05) is 18.8 Å². The van der Waals surface area contributed by atoms with Gasteiger partial charge in [0.25, 0.3) is 5.60 Å². The second kappa shape index (κ2) is 5.26. The fourth-order valence-electron chi connectivity index (χ4n) is 2.11. The largest absolute Gasteiger partial charge is 0.464 e. The smallest absolute Gasteiger partial charge is 0.428 e. The number of halogens is 3. The van der Waals surface area contributed by atoms with E-state index in [9.17, 15) is 27.9 Å². The van der Waals surface area contributed by atoms with Crippen LogP contribution in [0.15, 0.2) is 0 Å². The number of hydrogen-bond donors (Lipinski definition) is 1. The number of Topliss-reactive ketones (excluding diaryl/α,β-unsaturated/α-hetero) is 1. The Morgan fingerprint density at radius 2 is 1.89 bits per heavy atom. The Balaban J connectivity index is 2.98. The third-order valence-electron chi connectivity index (χ3n) is 3.15. The molecule has 0 bridgehead atoms. The molecule has 1 aliphatic carbocycles. The van der Waals surface area contributed by atoms with E-state index in [2.05, 4.69) is 4.74 Å². The van der Waals surface area contributed by atoms with Gasteiger partial charge in [-0.25, -0.2) is 4.79 Å². The molecule has 1 aliphatic rings. The van der Waals surface area contributed by atoms with Gasteiger partial charge in [-0.2, -0.15) is 13.2 Å². The topological polar surface area (TPSA) is 63.6 Å². The molecule has 0 saturated heterocycles. The lowest BCUT2D eigenvalue weighted by Crippen LogP contribution is -2.58. The van der Waals surface area contributed by atoms with Crippen LogP contribution in [-0.2, 0) is 14.3 Å². The van der Waals surface area contributed by atoms with E-state index in [0.717, 1.165) is 0 Å². The van der Waals surface area contributed by atoms with Crippen molar-refractivity contribution >= 4 is 11.8 Å². The molecule has 4 nitrogen and oxygen atoms in total. The molecule has 1 rings (SSSR count). The Morgan fingerprint density at radius 3 is 2.28 bits per heavy atom. The van der Waals surface area contributed by atoms with Gasteiger partial charge < -0.3 is 9.84 Å². The Bertz CT molecular complexity index is 330. The Labute approximate surface area is 102 Å². The fraction of sp³-hybridized carbons (Fsp3) is 0.818. The van der Waals surface area contributed by atoms with Crippen molar-refractivity contribution in [3.05, 3.63) is 0 Å². The van der Waals surface area contributed by atoms with E-state index in [4.69, 9.17) is 0 Å². The quantitative estimate of drug-likeness (QED) is 0.790. The first-order valence-electron chi connectivity index (χ1n) is 5.71. The highest BCUT2D eigenvalue weighted by atomic mass is 19.4. The van der Waals surface area contributed by atoms with Gasteiger partial charge in [0.05, 0.1) is 6.61 Å². The summed E-state index contributed by atoms with van der Waals surface area (Å²) in [5, 5.41) is 9.75. The molecule has 18 heavy (non-hydrogen) atoms. The molecule has 0 radical (unpaired) electrons. The lowest BCUT2D eigenvalue weighted by atomic mass is 9.76. The molecule has 1 fully saturated rings. The van der Waals surface area contributed by atoms with Crippen LogP contribution in [0.25, 0.3) is 0 Å². The highest BCUT2D eigenvalue weighted by molar-refractivity contribution is 5.83. The van der Waals surface area contributed by atoms with E-state index in [-0.39, 0.29) is 38.1 Å². The summed E-state index contributed by atoms with van der Waals surface area (Å²) < 4.78 is 43.1. The molecule has 1 saturated carbocycles. The van der Waals surface area contributed by atoms with Gasteiger partial charge in [-0.05, 0) is 19.8 Å². The van der Waals surface area contributed by atoms with Gasteiger partial charge in [-0.15, -0.1) is 0 Å². The molecular formula is C11H15F3O4. The number of esters is 1. The average Bonchev–Trinajstić information content (AvgIpc) is 2.27. The van der Waals surface area contributed by atoms with Crippen LogP contribution < -0.4 is 0 Å². The molecule has 0 amide bonds. The third-order valence-corrected chi connectivity index (χ3v) is 3.15. The van der Waals surface area contributed by atoms with Gasteiger partial charge >= 0.3 is 12.1 Å². The minimum absolute atomic E-state index is 0.0531. The van der Waals surface area contributed by atoms with E-state index >= 15 is 0 Å². The predicted octanol–water partition coefficient (Wildman–Crippen LogP) is 1.60. The number of ketones is 1. The highest BCUT2D eigenvalue weighted by Crippen LogP contribution is 2.43. The number of ether oxygens (including phenoxy) is 1. The molecule has 0 heterocycles. The summed E-state index contributed by atoms with van der Waals surface area (Å²) in [6, 6.07) is 0. The summed E-state index contributed by atoms with van der Waals surface area (Å²) >= 11 is 0. The highest BCUT2D eigenvalue weighted by Gasteiger charge is 2.65. The van der Waals surface area contributed by atoms with Crippen molar-refractivity contribution in [3.8, 4) is 0 Å². The van der Waals surface area contributed by atoms with Crippen LogP contribution >= 0.6 is 0 Å². The summed E-state index contributed by atoms with van der Waals surface area (Å²) in [5.74, 6) is -3.16. The van der Waals surface area contributed by atoms with Crippen LogP contribution in [0.4, 0.5) is 13.2 Å².